The molecule has 0 aliphatic rings. The summed E-state index contributed by atoms with van der Waals surface area (Å²) in [6.07, 6.45) is 45.3. The number of carbonyl (C=O) groups is 2. The van der Waals surface area contributed by atoms with Crippen LogP contribution in [0.3, 0.4) is 0 Å². The molecular formula is C55H110N2O6. The van der Waals surface area contributed by atoms with Crippen LogP contribution in [0.5, 0.6) is 0 Å². The van der Waals surface area contributed by atoms with Crippen molar-refractivity contribution in [2.45, 2.75) is 284 Å². The molecule has 0 heterocycles. The second kappa shape index (κ2) is 45.9. The predicted molar refractivity (Wildman–Crippen MR) is 270 cm³/mol. The fourth-order valence-corrected chi connectivity index (χ4v) is 8.14. The third-order valence-electron chi connectivity index (χ3n) is 13.0. The maximum atomic E-state index is 13.4. The van der Waals surface area contributed by atoms with Gasteiger partial charge in [0.15, 0.2) is 0 Å². The highest BCUT2D eigenvalue weighted by atomic mass is 16.5. The van der Waals surface area contributed by atoms with Gasteiger partial charge in [0.2, 0.25) is 11.8 Å². The number of carbonyl (C=O) groups excluding carboxylic acids is 2. The molecule has 0 spiro atoms. The summed E-state index contributed by atoms with van der Waals surface area (Å²) in [5.74, 6) is -0.106. The van der Waals surface area contributed by atoms with Gasteiger partial charge in [-0.15, -0.1) is 0 Å². The van der Waals surface area contributed by atoms with Crippen LogP contribution in [0.15, 0.2) is 0 Å². The van der Waals surface area contributed by atoms with Crippen LogP contribution >= 0.6 is 0 Å². The van der Waals surface area contributed by atoms with Crippen LogP contribution in [0.4, 0.5) is 0 Å². The van der Waals surface area contributed by atoms with E-state index in [1.807, 2.05) is 18.7 Å². The summed E-state index contributed by atoms with van der Waals surface area (Å²) in [5.41, 5.74) is -0.582. The highest BCUT2D eigenvalue weighted by Gasteiger charge is 2.22. The van der Waals surface area contributed by atoms with Crippen molar-refractivity contribution in [3.8, 4) is 0 Å². The van der Waals surface area contributed by atoms with Crippen LogP contribution in [0.1, 0.15) is 273 Å². The van der Waals surface area contributed by atoms with E-state index in [-0.39, 0.29) is 35.9 Å². The van der Waals surface area contributed by atoms with Gasteiger partial charge < -0.3 is 29.2 Å². The molecule has 0 saturated heterocycles. The van der Waals surface area contributed by atoms with Gasteiger partial charge >= 0.3 is 0 Å². The Labute approximate surface area is 393 Å². The normalized spacial score (nSPS) is 12.0. The van der Waals surface area contributed by atoms with E-state index in [2.05, 4.69) is 33.0 Å². The van der Waals surface area contributed by atoms with Crippen LogP contribution in [-0.2, 0) is 28.5 Å². The first-order valence-electron chi connectivity index (χ1n) is 27.5. The van der Waals surface area contributed by atoms with Gasteiger partial charge in [-0.05, 0) is 53.4 Å². The summed E-state index contributed by atoms with van der Waals surface area (Å²) >= 11 is 0. The molecule has 63 heavy (non-hydrogen) atoms. The summed E-state index contributed by atoms with van der Waals surface area (Å²) < 4.78 is 23.6. The molecule has 2 amide bonds. The molecule has 0 atom stereocenters. The molecule has 0 aromatic carbocycles. The van der Waals surface area contributed by atoms with Crippen molar-refractivity contribution in [1.29, 1.82) is 0 Å². The summed E-state index contributed by atoms with van der Waals surface area (Å²) in [5, 5.41) is 3.00. The molecule has 0 radical (unpaired) electrons. The molecule has 0 saturated carbocycles. The predicted octanol–water partition coefficient (Wildman–Crippen LogP) is 15.3. The van der Waals surface area contributed by atoms with E-state index in [0.717, 1.165) is 32.5 Å². The number of methoxy groups -OCH3 is 1. The summed E-state index contributed by atoms with van der Waals surface area (Å²) in [6, 6.07) is 0. The second-order valence-electron chi connectivity index (χ2n) is 20.1. The molecule has 0 rings (SSSR count). The molecule has 1 N–H and O–H groups in total. The van der Waals surface area contributed by atoms with Crippen molar-refractivity contribution >= 4 is 11.8 Å². The molecule has 8 heteroatoms. The van der Waals surface area contributed by atoms with Gasteiger partial charge in [-0.3, -0.25) is 9.59 Å². The summed E-state index contributed by atoms with van der Waals surface area (Å²) in [4.78, 5) is 27.9. The van der Waals surface area contributed by atoms with E-state index in [1.54, 1.807) is 7.11 Å². The highest BCUT2D eigenvalue weighted by molar-refractivity contribution is 5.83. The fraction of sp³-hybridized carbons (Fsp3) is 0.964. The van der Waals surface area contributed by atoms with Gasteiger partial charge in [-0.25, -0.2) is 0 Å². The van der Waals surface area contributed by atoms with E-state index < -0.39 is 0 Å². The third-order valence-corrected chi connectivity index (χ3v) is 13.0. The number of nitrogens with one attached hydrogen (secondary N) is 1. The van der Waals surface area contributed by atoms with Gasteiger partial charge in [0.1, 0.15) is 0 Å². The van der Waals surface area contributed by atoms with Gasteiger partial charge in [-0.1, -0.05) is 206 Å². The van der Waals surface area contributed by atoms with Crippen LogP contribution in [-0.4, -0.2) is 87.7 Å². The zero-order valence-electron chi connectivity index (χ0n) is 43.5. The minimum absolute atomic E-state index is 0.00779. The lowest BCUT2D eigenvalue weighted by Gasteiger charge is -2.29. The Morgan fingerprint density at radius 3 is 1.13 bits per heavy atom. The monoisotopic (exact) mass is 895 g/mol. The number of ether oxygens (including phenoxy) is 4. The van der Waals surface area contributed by atoms with E-state index in [1.165, 1.54) is 193 Å². The van der Waals surface area contributed by atoms with Crippen molar-refractivity contribution in [3.63, 3.8) is 0 Å². The zero-order chi connectivity index (χ0) is 46.4. The number of unbranched alkanes of at least 4 members (excludes halogenated alkanes) is 30. The van der Waals surface area contributed by atoms with Gasteiger partial charge in [0, 0.05) is 52.8 Å². The van der Waals surface area contributed by atoms with Crippen LogP contribution in [0.2, 0.25) is 0 Å². The molecule has 0 unspecified atom stereocenters. The van der Waals surface area contributed by atoms with Crippen molar-refractivity contribution < 1.29 is 28.5 Å². The maximum absolute atomic E-state index is 13.4. The fourth-order valence-electron chi connectivity index (χ4n) is 8.14. The Morgan fingerprint density at radius 1 is 0.429 bits per heavy atom. The quantitative estimate of drug-likeness (QED) is 0.0612. The van der Waals surface area contributed by atoms with Gasteiger partial charge in [0.05, 0.1) is 31.0 Å². The SMILES string of the molecule is CCCCCCCCCCCCCCCCCCOCCN(CCOCCCCCCCCCCCCCCCCCC)C(=O)CCC(=O)NCCC(C)(C)OCCC(C)(C)OC. The largest absolute Gasteiger partial charge is 0.380 e. The first-order valence-corrected chi connectivity index (χ1v) is 27.5. The molecule has 8 nitrogen and oxygen atoms in total. The molecule has 0 aromatic heterocycles. The Balaban J connectivity index is 4.33. The standard InChI is InChI=1S/C55H110N2O6/c1-8-10-12-14-16-18-20-22-24-26-28-30-32-34-36-38-47-61-50-45-57(53(59)41-40-52(58)56-44-42-55(5,6)63-49-43-54(3,4)60-7)46-51-62-48-39-37-35-33-31-29-27-25-23-21-19-17-15-13-11-9-2/h8-51H2,1-7H3,(H,56,58). The van der Waals surface area contributed by atoms with Crippen molar-refractivity contribution in [2.75, 3.05) is 59.8 Å². The Bertz CT molecular complexity index is 933. The molecule has 0 fully saturated rings. The summed E-state index contributed by atoms with van der Waals surface area (Å²) in [7, 11) is 1.72. The zero-order valence-corrected chi connectivity index (χ0v) is 43.5. The second-order valence-corrected chi connectivity index (χ2v) is 20.1. The third kappa shape index (κ3) is 45.7. The van der Waals surface area contributed by atoms with E-state index in [4.69, 9.17) is 18.9 Å². The van der Waals surface area contributed by atoms with Crippen LogP contribution < -0.4 is 5.32 Å². The van der Waals surface area contributed by atoms with E-state index >= 15 is 0 Å². The average Bonchev–Trinajstić information content (AvgIpc) is 3.26. The number of hydrogen-bond donors (Lipinski definition) is 1. The Hall–Kier alpha value is -1.22. The van der Waals surface area contributed by atoms with Crippen molar-refractivity contribution in [1.82, 2.24) is 10.2 Å². The lowest BCUT2D eigenvalue weighted by Crippen LogP contribution is -2.38. The molecule has 376 valence electrons. The number of amides is 2. The van der Waals surface area contributed by atoms with E-state index in [0.29, 0.717) is 45.9 Å². The van der Waals surface area contributed by atoms with Gasteiger partial charge in [0.25, 0.3) is 0 Å². The van der Waals surface area contributed by atoms with Crippen LogP contribution in [0.25, 0.3) is 0 Å². The van der Waals surface area contributed by atoms with E-state index in [9.17, 15) is 9.59 Å². The molecule has 0 aromatic rings. The Morgan fingerprint density at radius 2 is 0.778 bits per heavy atom. The molecule has 0 aliphatic heterocycles. The molecule has 0 aliphatic carbocycles. The minimum atomic E-state index is -0.359. The van der Waals surface area contributed by atoms with Gasteiger partial charge in [-0.2, -0.15) is 0 Å². The van der Waals surface area contributed by atoms with Crippen molar-refractivity contribution in [3.05, 3.63) is 0 Å². The summed E-state index contributed by atoms with van der Waals surface area (Å²) in [6.45, 7) is 17.5. The topological polar surface area (TPSA) is 86.3 Å². The Kier molecular flexibility index (Phi) is 45.0. The first kappa shape index (κ1) is 61.8. The van der Waals surface area contributed by atoms with Crippen molar-refractivity contribution in [2.24, 2.45) is 0 Å². The lowest BCUT2D eigenvalue weighted by molar-refractivity contribution is -0.135. The number of nitrogens with zero attached hydrogens (tertiary/aromatic N) is 1. The first-order chi connectivity index (χ1) is 30.6. The highest BCUT2D eigenvalue weighted by Crippen LogP contribution is 2.19. The minimum Gasteiger partial charge on any atom is -0.380 e. The maximum Gasteiger partial charge on any atom is 0.223 e. The average molecular weight is 895 g/mol. The number of hydrogen-bond acceptors (Lipinski definition) is 6. The molecule has 0 bridgehead atoms. The molecular weight excluding hydrogens is 785 g/mol. The van der Waals surface area contributed by atoms with Crippen LogP contribution in [0, 0.1) is 0 Å². The number of rotatable bonds is 51. The lowest BCUT2D eigenvalue weighted by atomic mass is 10.0. The smallest absolute Gasteiger partial charge is 0.223 e.